The van der Waals surface area contributed by atoms with E-state index in [1.807, 2.05) is 0 Å². The molecule has 0 aromatic heterocycles. The Balaban J connectivity index is 1.74. The second-order valence-electron chi connectivity index (χ2n) is 5.59. The van der Waals surface area contributed by atoms with Gasteiger partial charge in [0, 0.05) is 12.6 Å². The molecular formula is C16H21NO5. The van der Waals surface area contributed by atoms with E-state index in [1.165, 1.54) is 31.4 Å². The van der Waals surface area contributed by atoms with Crippen molar-refractivity contribution in [1.29, 1.82) is 0 Å². The monoisotopic (exact) mass is 307 g/mol. The van der Waals surface area contributed by atoms with Crippen molar-refractivity contribution in [3.63, 3.8) is 0 Å². The van der Waals surface area contributed by atoms with Crippen LogP contribution in [0.1, 0.15) is 42.5 Å². The summed E-state index contributed by atoms with van der Waals surface area (Å²) in [4.78, 5) is 23.4. The normalized spacial score (nSPS) is 15.3. The van der Waals surface area contributed by atoms with Gasteiger partial charge in [-0.2, -0.15) is 0 Å². The summed E-state index contributed by atoms with van der Waals surface area (Å²) < 4.78 is 4.86. The van der Waals surface area contributed by atoms with Crippen LogP contribution in [0.5, 0.6) is 11.5 Å². The van der Waals surface area contributed by atoms with Crippen molar-refractivity contribution in [2.75, 3.05) is 13.2 Å². The number of esters is 1. The average molecular weight is 307 g/mol. The maximum atomic E-state index is 11.7. The number of benzene rings is 1. The van der Waals surface area contributed by atoms with Gasteiger partial charge < -0.3 is 20.3 Å². The first kappa shape index (κ1) is 16.1. The first-order valence-corrected chi connectivity index (χ1v) is 7.52. The van der Waals surface area contributed by atoms with Crippen molar-refractivity contribution >= 4 is 11.9 Å². The molecular weight excluding hydrogens is 286 g/mol. The number of amides is 1. The number of phenols is 2. The molecule has 0 aliphatic heterocycles. The van der Waals surface area contributed by atoms with Crippen molar-refractivity contribution in [2.45, 2.75) is 32.1 Å². The smallest absolute Gasteiger partial charge is 0.342 e. The Morgan fingerprint density at radius 3 is 2.59 bits per heavy atom. The first-order chi connectivity index (χ1) is 10.6. The second kappa shape index (κ2) is 7.68. The summed E-state index contributed by atoms with van der Waals surface area (Å²) in [6.45, 7) is 0.229. The molecule has 0 heterocycles. The molecule has 1 aromatic rings. The third-order valence-corrected chi connectivity index (χ3v) is 3.85. The van der Waals surface area contributed by atoms with Crippen LogP contribution in [0.15, 0.2) is 18.2 Å². The second-order valence-corrected chi connectivity index (χ2v) is 5.59. The van der Waals surface area contributed by atoms with Gasteiger partial charge in [0.05, 0.1) is 0 Å². The molecule has 1 aliphatic carbocycles. The lowest BCUT2D eigenvalue weighted by atomic mass is 9.89. The number of nitrogens with one attached hydrogen (secondary N) is 1. The predicted octanol–water partition coefficient (Wildman–Crippen LogP) is 1.95. The van der Waals surface area contributed by atoms with Crippen LogP contribution in [-0.4, -0.2) is 35.2 Å². The minimum Gasteiger partial charge on any atom is -0.508 e. The summed E-state index contributed by atoms with van der Waals surface area (Å²) in [6.07, 6.45) is 5.92. The largest absolute Gasteiger partial charge is 0.508 e. The van der Waals surface area contributed by atoms with Crippen LogP contribution in [0, 0.1) is 5.92 Å². The molecule has 0 unspecified atom stereocenters. The van der Waals surface area contributed by atoms with Gasteiger partial charge in [-0.25, -0.2) is 4.79 Å². The first-order valence-electron chi connectivity index (χ1n) is 7.52. The van der Waals surface area contributed by atoms with E-state index in [1.54, 1.807) is 0 Å². The molecule has 1 aromatic carbocycles. The zero-order valence-corrected chi connectivity index (χ0v) is 12.4. The van der Waals surface area contributed by atoms with Gasteiger partial charge in [-0.1, -0.05) is 19.3 Å². The highest BCUT2D eigenvalue weighted by Gasteiger charge is 2.17. The number of rotatable bonds is 5. The summed E-state index contributed by atoms with van der Waals surface area (Å²) in [5, 5.41) is 21.5. The SMILES string of the molecule is O=C(COC(=O)c1ccc(O)cc1O)NCC1CCCCC1. The molecule has 0 spiro atoms. The molecule has 0 radical (unpaired) electrons. The van der Waals surface area contributed by atoms with Crippen molar-refractivity contribution < 1.29 is 24.5 Å². The minimum atomic E-state index is -0.801. The third-order valence-electron chi connectivity index (χ3n) is 3.85. The Kier molecular flexibility index (Phi) is 5.63. The molecule has 1 amide bonds. The fourth-order valence-electron chi connectivity index (χ4n) is 2.60. The molecule has 3 N–H and O–H groups in total. The van der Waals surface area contributed by atoms with Crippen LogP contribution >= 0.6 is 0 Å². The summed E-state index contributed by atoms with van der Waals surface area (Å²) in [5.74, 6) is -1.18. The van der Waals surface area contributed by atoms with Crippen LogP contribution in [0.3, 0.4) is 0 Å². The number of hydrogen-bond donors (Lipinski definition) is 3. The Morgan fingerprint density at radius 2 is 1.91 bits per heavy atom. The van der Waals surface area contributed by atoms with Gasteiger partial charge in [-0.3, -0.25) is 4.79 Å². The van der Waals surface area contributed by atoms with Crippen molar-refractivity contribution in [1.82, 2.24) is 5.32 Å². The van der Waals surface area contributed by atoms with Gasteiger partial charge in [0.15, 0.2) is 6.61 Å². The molecule has 1 aliphatic rings. The molecule has 0 bridgehead atoms. The Bertz CT molecular complexity index is 537. The van der Waals surface area contributed by atoms with Crippen molar-refractivity contribution in [2.24, 2.45) is 5.92 Å². The highest BCUT2D eigenvalue weighted by atomic mass is 16.5. The van der Waals surface area contributed by atoms with E-state index in [0.29, 0.717) is 12.5 Å². The lowest BCUT2D eigenvalue weighted by Crippen LogP contribution is -2.33. The lowest BCUT2D eigenvalue weighted by molar-refractivity contribution is -0.124. The molecule has 1 saturated carbocycles. The number of phenolic OH excluding ortho intramolecular Hbond substituents is 2. The maximum absolute atomic E-state index is 11.7. The van der Waals surface area contributed by atoms with E-state index < -0.39 is 5.97 Å². The lowest BCUT2D eigenvalue weighted by Gasteiger charge is -2.21. The van der Waals surface area contributed by atoms with E-state index >= 15 is 0 Å². The minimum absolute atomic E-state index is 0.0853. The molecule has 0 atom stereocenters. The Labute approximate surface area is 129 Å². The average Bonchev–Trinajstić information content (AvgIpc) is 2.51. The Morgan fingerprint density at radius 1 is 1.18 bits per heavy atom. The van der Waals surface area contributed by atoms with Crippen LogP contribution in [0.4, 0.5) is 0 Å². The van der Waals surface area contributed by atoms with Gasteiger partial charge in [-0.15, -0.1) is 0 Å². The maximum Gasteiger partial charge on any atom is 0.342 e. The van der Waals surface area contributed by atoms with E-state index in [4.69, 9.17) is 9.84 Å². The van der Waals surface area contributed by atoms with Gasteiger partial charge in [-0.05, 0) is 30.9 Å². The van der Waals surface area contributed by atoms with Gasteiger partial charge >= 0.3 is 5.97 Å². The van der Waals surface area contributed by atoms with Crippen LogP contribution in [0.25, 0.3) is 0 Å². The molecule has 6 nitrogen and oxygen atoms in total. The highest BCUT2D eigenvalue weighted by Crippen LogP contribution is 2.23. The summed E-state index contributed by atoms with van der Waals surface area (Å²) >= 11 is 0. The summed E-state index contributed by atoms with van der Waals surface area (Å²) in [6, 6.07) is 3.55. The molecule has 6 heteroatoms. The van der Waals surface area contributed by atoms with Gasteiger partial charge in [0.2, 0.25) is 0 Å². The number of carbonyl (C=O) groups is 2. The van der Waals surface area contributed by atoms with Crippen LogP contribution in [-0.2, 0) is 9.53 Å². The number of aromatic hydroxyl groups is 2. The van der Waals surface area contributed by atoms with Crippen LogP contribution < -0.4 is 5.32 Å². The van der Waals surface area contributed by atoms with Crippen LogP contribution in [0.2, 0.25) is 0 Å². The zero-order valence-electron chi connectivity index (χ0n) is 12.4. The standard InChI is InChI=1S/C16H21NO5/c18-12-6-7-13(14(19)8-12)16(21)22-10-15(20)17-9-11-4-2-1-3-5-11/h6-8,11,18-19H,1-5,9-10H2,(H,17,20). The Hall–Kier alpha value is -2.24. The third kappa shape index (κ3) is 4.65. The van der Waals surface area contributed by atoms with Gasteiger partial charge in [0.1, 0.15) is 17.1 Å². The molecule has 0 saturated heterocycles. The quantitative estimate of drug-likeness (QED) is 0.723. The zero-order chi connectivity index (χ0) is 15.9. The number of ether oxygens (including phenoxy) is 1. The van der Waals surface area contributed by atoms with E-state index in [9.17, 15) is 14.7 Å². The highest BCUT2D eigenvalue weighted by molar-refractivity contribution is 5.94. The van der Waals surface area contributed by atoms with E-state index in [-0.39, 0.29) is 29.6 Å². The fourth-order valence-corrected chi connectivity index (χ4v) is 2.60. The van der Waals surface area contributed by atoms with Crippen molar-refractivity contribution in [3.8, 4) is 11.5 Å². The summed E-state index contributed by atoms with van der Waals surface area (Å²) in [5.41, 5.74) is -0.0853. The van der Waals surface area contributed by atoms with Gasteiger partial charge in [0.25, 0.3) is 5.91 Å². The molecule has 22 heavy (non-hydrogen) atoms. The predicted molar refractivity (Wildman–Crippen MR) is 79.6 cm³/mol. The molecule has 2 rings (SSSR count). The fraction of sp³-hybridized carbons (Fsp3) is 0.500. The topological polar surface area (TPSA) is 95.9 Å². The number of hydrogen-bond acceptors (Lipinski definition) is 5. The number of carbonyl (C=O) groups excluding carboxylic acids is 2. The molecule has 120 valence electrons. The van der Waals surface area contributed by atoms with Crippen molar-refractivity contribution in [3.05, 3.63) is 23.8 Å². The van der Waals surface area contributed by atoms with E-state index in [2.05, 4.69) is 5.32 Å². The summed E-state index contributed by atoms with van der Waals surface area (Å²) in [7, 11) is 0. The van der Waals surface area contributed by atoms with E-state index in [0.717, 1.165) is 18.9 Å². The molecule has 1 fully saturated rings.